The third-order valence-corrected chi connectivity index (χ3v) is 4.79. The summed E-state index contributed by atoms with van der Waals surface area (Å²) in [5.41, 5.74) is 0.547. The lowest BCUT2D eigenvalue weighted by Gasteiger charge is -2.39. The third-order valence-electron chi connectivity index (χ3n) is 4.12. The Morgan fingerprint density at radius 3 is 2.40 bits per heavy atom. The SMILES string of the molecule is CN(CC1CC1)CC1(CS)CCCCC1. The van der Waals surface area contributed by atoms with Crippen molar-refractivity contribution in [2.45, 2.75) is 44.9 Å². The first-order valence-electron chi connectivity index (χ1n) is 6.53. The van der Waals surface area contributed by atoms with E-state index in [-0.39, 0.29) is 0 Å². The van der Waals surface area contributed by atoms with E-state index in [0.717, 1.165) is 11.7 Å². The Hall–Kier alpha value is 0.310. The molecular weight excluding hydrogens is 202 g/mol. The zero-order valence-corrected chi connectivity index (χ0v) is 10.9. The lowest BCUT2D eigenvalue weighted by molar-refractivity contribution is 0.141. The summed E-state index contributed by atoms with van der Waals surface area (Å²) in [7, 11) is 2.30. The third kappa shape index (κ3) is 3.39. The molecule has 1 nitrogen and oxygen atoms in total. The quantitative estimate of drug-likeness (QED) is 0.706. The summed E-state index contributed by atoms with van der Waals surface area (Å²) in [5.74, 6) is 2.11. The maximum Gasteiger partial charge on any atom is 0.00429 e. The number of nitrogens with zero attached hydrogens (tertiary/aromatic N) is 1. The topological polar surface area (TPSA) is 3.24 Å². The molecule has 88 valence electrons. The number of rotatable bonds is 5. The fraction of sp³-hybridized carbons (Fsp3) is 1.00. The molecule has 0 heterocycles. The van der Waals surface area contributed by atoms with Crippen LogP contribution < -0.4 is 0 Å². The molecule has 15 heavy (non-hydrogen) atoms. The minimum Gasteiger partial charge on any atom is -0.306 e. The van der Waals surface area contributed by atoms with Crippen molar-refractivity contribution < 1.29 is 0 Å². The molecule has 0 unspecified atom stereocenters. The van der Waals surface area contributed by atoms with Gasteiger partial charge in [-0.1, -0.05) is 19.3 Å². The summed E-state index contributed by atoms with van der Waals surface area (Å²) in [6, 6.07) is 0. The fourth-order valence-corrected chi connectivity index (χ4v) is 3.46. The van der Waals surface area contributed by atoms with Crippen LogP contribution in [0.15, 0.2) is 0 Å². The van der Waals surface area contributed by atoms with Gasteiger partial charge in [-0.2, -0.15) is 12.6 Å². The van der Waals surface area contributed by atoms with Crippen LogP contribution in [-0.4, -0.2) is 30.8 Å². The van der Waals surface area contributed by atoms with Crippen molar-refractivity contribution in [2.24, 2.45) is 11.3 Å². The molecule has 2 aliphatic carbocycles. The van der Waals surface area contributed by atoms with Gasteiger partial charge in [0.05, 0.1) is 0 Å². The Labute approximate surface area is 100 Å². The number of hydrogen-bond acceptors (Lipinski definition) is 2. The molecule has 2 heteroatoms. The summed E-state index contributed by atoms with van der Waals surface area (Å²) in [5, 5.41) is 0. The Morgan fingerprint density at radius 1 is 1.20 bits per heavy atom. The molecule has 2 fully saturated rings. The van der Waals surface area contributed by atoms with Crippen LogP contribution in [0.1, 0.15) is 44.9 Å². The van der Waals surface area contributed by atoms with E-state index in [0.29, 0.717) is 5.41 Å². The van der Waals surface area contributed by atoms with Crippen molar-refractivity contribution in [3.63, 3.8) is 0 Å². The molecule has 2 saturated carbocycles. The largest absolute Gasteiger partial charge is 0.306 e. The predicted molar refractivity (Wildman–Crippen MR) is 69.6 cm³/mol. The van der Waals surface area contributed by atoms with Gasteiger partial charge in [0, 0.05) is 13.1 Å². The molecule has 0 radical (unpaired) electrons. The molecule has 0 amide bonds. The lowest BCUT2D eigenvalue weighted by Crippen LogP contribution is -2.39. The van der Waals surface area contributed by atoms with Crippen molar-refractivity contribution in [2.75, 3.05) is 25.9 Å². The molecule has 0 aromatic rings. The van der Waals surface area contributed by atoms with E-state index in [1.807, 2.05) is 0 Å². The summed E-state index contributed by atoms with van der Waals surface area (Å²) in [4.78, 5) is 2.57. The first-order valence-corrected chi connectivity index (χ1v) is 7.17. The van der Waals surface area contributed by atoms with Crippen LogP contribution in [0.2, 0.25) is 0 Å². The predicted octanol–water partition coefficient (Wildman–Crippen LogP) is 3.21. The van der Waals surface area contributed by atoms with Crippen LogP contribution >= 0.6 is 12.6 Å². The van der Waals surface area contributed by atoms with E-state index in [1.165, 1.54) is 58.0 Å². The van der Waals surface area contributed by atoms with E-state index in [4.69, 9.17) is 0 Å². The Morgan fingerprint density at radius 2 is 1.87 bits per heavy atom. The number of hydrogen-bond donors (Lipinski definition) is 1. The highest BCUT2D eigenvalue weighted by Gasteiger charge is 2.33. The molecule has 0 aromatic heterocycles. The summed E-state index contributed by atoms with van der Waals surface area (Å²) in [6.45, 7) is 2.61. The van der Waals surface area contributed by atoms with Gasteiger partial charge in [-0.3, -0.25) is 0 Å². The van der Waals surface area contributed by atoms with Gasteiger partial charge >= 0.3 is 0 Å². The zero-order chi connectivity index (χ0) is 10.7. The normalized spacial score (nSPS) is 25.8. The second kappa shape index (κ2) is 5.09. The maximum absolute atomic E-state index is 4.60. The van der Waals surface area contributed by atoms with Crippen LogP contribution in [0.4, 0.5) is 0 Å². The first-order chi connectivity index (χ1) is 7.24. The summed E-state index contributed by atoms with van der Waals surface area (Å²) < 4.78 is 0. The first kappa shape index (κ1) is 11.8. The average molecular weight is 227 g/mol. The van der Waals surface area contributed by atoms with Crippen molar-refractivity contribution >= 4 is 12.6 Å². The lowest BCUT2D eigenvalue weighted by atomic mass is 9.75. The molecule has 0 saturated heterocycles. The molecule has 0 spiro atoms. The van der Waals surface area contributed by atoms with Crippen LogP contribution in [-0.2, 0) is 0 Å². The van der Waals surface area contributed by atoms with Crippen LogP contribution in [0.3, 0.4) is 0 Å². The van der Waals surface area contributed by atoms with Crippen molar-refractivity contribution in [3.05, 3.63) is 0 Å². The Bertz CT molecular complexity index is 195. The van der Waals surface area contributed by atoms with E-state index in [1.54, 1.807) is 0 Å². The highest BCUT2D eigenvalue weighted by atomic mass is 32.1. The molecule has 0 atom stereocenters. The molecule has 2 aliphatic rings. The van der Waals surface area contributed by atoms with Crippen LogP contribution in [0, 0.1) is 11.3 Å². The molecule has 0 N–H and O–H groups in total. The average Bonchev–Trinajstić information content (AvgIpc) is 3.03. The highest BCUT2D eigenvalue weighted by molar-refractivity contribution is 7.80. The molecule has 2 rings (SSSR count). The maximum atomic E-state index is 4.60. The van der Waals surface area contributed by atoms with Gasteiger partial charge in [0.15, 0.2) is 0 Å². The van der Waals surface area contributed by atoms with E-state index >= 15 is 0 Å². The van der Waals surface area contributed by atoms with Crippen LogP contribution in [0.5, 0.6) is 0 Å². The minimum atomic E-state index is 0.547. The fourth-order valence-electron chi connectivity index (χ4n) is 3.05. The van der Waals surface area contributed by atoms with E-state index in [9.17, 15) is 0 Å². The summed E-state index contributed by atoms with van der Waals surface area (Å²) >= 11 is 4.60. The van der Waals surface area contributed by atoms with Crippen molar-refractivity contribution in [1.29, 1.82) is 0 Å². The van der Waals surface area contributed by atoms with Gasteiger partial charge in [0.25, 0.3) is 0 Å². The van der Waals surface area contributed by atoms with Gasteiger partial charge in [0.2, 0.25) is 0 Å². The second-order valence-electron chi connectivity index (χ2n) is 5.86. The number of thiol groups is 1. The van der Waals surface area contributed by atoms with Gasteiger partial charge in [-0.25, -0.2) is 0 Å². The Balaban J connectivity index is 1.81. The molecule has 0 bridgehead atoms. The van der Waals surface area contributed by atoms with Gasteiger partial charge in [-0.15, -0.1) is 0 Å². The van der Waals surface area contributed by atoms with Gasteiger partial charge < -0.3 is 4.90 Å². The molecular formula is C13H25NS. The minimum absolute atomic E-state index is 0.547. The zero-order valence-electron chi connectivity index (χ0n) is 10.0. The molecule has 0 aliphatic heterocycles. The van der Waals surface area contributed by atoms with E-state index in [2.05, 4.69) is 24.6 Å². The standard InChI is InChI=1S/C13H25NS/c1-14(9-12-5-6-12)10-13(11-15)7-3-2-4-8-13/h12,15H,2-11H2,1H3. The highest BCUT2D eigenvalue weighted by Crippen LogP contribution is 2.38. The van der Waals surface area contributed by atoms with Crippen molar-refractivity contribution in [1.82, 2.24) is 4.90 Å². The second-order valence-corrected chi connectivity index (χ2v) is 6.18. The molecule has 0 aromatic carbocycles. The monoisotopic (exact) mass is 227 g/mol. The van der Waals surface area contributed by atoms with Gasteiger partial charge in [-0.05, 0) is 49.8 Å². The van der Waals surface area contributed by atoms with Crippen LogP contribution in [0.25, 0.3) is 0 Å². The van der Waals surface area contributed by atoms with E-state index < -0.39 is 0 Å². The van der Waals surface area contributed by atoms with Crippen molar-refractivity contribution in [3.8, 4) is 0 Å². The Kier molecular flexibility index (Phi) is 4.00. The van der Waals surface area contributed by atoms with Gasteiger partial charge in [0.1, 0.15) is 0 Å². The summed E-state index contributed by atoms with van der Waals surface area (Å²) in [6.07, 6.45) is 10.1. The smallest absolute Gasteiger partial charge is 0.00429 e.